The second-order valence-corrected chi connectivity index (χ2v) is 3.74. The van der Waals surface area contributed by atoms with Crippen LogP contribution in [0.5, 0.6) is 0 Å². The summed E-state index contributed by atoms with van der Waals surface area (Å²) in [6, 6.07) is 3.81. The molecular weight excluding hydrogens is 226 g/mol. The SMILES string of the molecule is NCCCCNC(=O)Cc1cccc(F)c1F. The van der Waals surface area contributed by atoms with E-state index in [-0.39, 0.29) is 17.9 Å². The Morgan fingerprint density at radius 3 is 2.76 bits per heavy atom. The van der Waals surface area contributed by atoms with E-state index >= 15 is 0 Å². The molecule has 1 amide bonds. The first-order chi connectivity index (χ1) is 8.15. The van der Waals surface area contributed by atoms with Gasteiger partial charge in [0.1, 0.15) is 0 Å². The summed E-state index contributed by atoms with van der Waals surface area (Å²) in [6.07, 6.45) is 1.47. The van der Waals surface area contributed by atoms with Crippen molar-refractivity contribution in [3.05, 3.63) is 35.4 Å². The van der Waals surface area contributed by atoms with Crippen LogP contribution >= 0.6 is 0 Å². The lowest BCUT2D eigenvalue weighted by Gasteiger charge is -2.06. The number of nitrogens with one attached hydrogen (secondary N) is 1. The van der Waals surface area contributed by atoms with Gasteiger partial charge in [0.05, 0.1) is 6.42 Å². The zero-order chi connectivity index (χ0) is 12.7. The second-order valence-electron chi connectivity index (χ2n) is 3.74. The number of rotatable bonds is 6. The van der Waals surface area contributed by atoms with Crippen LogP contribution in [0.15, 0.2) is 18.2 Å². The summed E-state index contributed by atoms with van der Waals surface area (Å²) >= 11 is 0. The Balaban J connectivity index is 2.43. The van der Waals surface area contributed by atoms with Crippen LogP contribution in [0.25, 0.3) is 0 Å². The third-order valence-electron chi connectivity index (χ3n) is 2.34. The zero-order valence-corrected chi connectivity index (χ0v) is 9.51. The van der Waals surface area contributed by atoms with E-state index in [4.69, 9.17) is 5.73 Å². The Bertz CT molecular complexity index is 383. The lowest BCUT2D eigenvalue weighted by atomic mass is 10.1. The van der Waals surface area contributed by atoms with Gasteiger partial charge in [-0.25, -0.2) is 8.78 Å². The molecule has 1 aromatic carbocycles. The van der Waals surface area contributed by atoms with Crippen LogP contribution in [-0.4, -0.2) is 19.0 Å². The molecule has 0 saturated carbocycles. The molecule has 0 heterocycles. The third kappa shape index (κ3) is 4.48. The van der Waals surface area contributed by atoms with Gasteiger partial charge in [0.15, 0.2) is 11.6 Å². The molecule has 0 unspecified atom stereocenters. The maximum atomic E-state index is 13.2. The van der Waals surface area contributed by atoms with Gasteiger partial charge in [-0.2, -0.15) is 0 Å². The first-order valence-electron chi connectivity index (χ1n) is 5.55. The smallest absolute Gasteiger partial charge is 0.224 e. The fourth-order valence-electron chi connectivity index (χ4n) is 1.42. The van der Waals surface area contributed by atoms with Gasteiger partial charge in [0, 0.05) is 12.1 Å². The van der Waals surface area contributed by atoms with Crippen LogP contribution in [0.2, 0.25) is 0 Å². The van der Waals surface area contributed by atoms with E-state index in [1.165, 1.54) is 12.1 Å². The summed E-state index contributed by atoms with van der Waals surface area (Å²) in [4.78, 5) is 11.4. The predicted molar refractivity (Wildman–Crippen MR) is 61.4 cm³/mol. The number of hydrogen-bond acceptors (Lipinski definition) is 2. The molecule has 0 aliphatic carbocycles. The summed E-state index contributed by atoms with van der Waals surface area (Å²) in [5, 5.41) is 2.63. The van der Waals surface area contributed by atoms with E-state index in [9.17, 15) is 13.6 Å². The number of hydrogen-bond donors (Lipinski definition) is 2. The van der Waals surface area contributed by atoms with Crippen LogP contribution in [0.1, 0.15) is 18.4 Å². The molecule has 0 bridgehead atoms. The highest BCUT2D eigenvalue weighted by molar-refractivity contribution is 5.78. The van der Waals surface area contributed by atoms with Gasteiger partial charge >= 0.3 is 0 Å². The number of benzene rings is 1. The van der Waals surface area contributed by atoms with Crippen LogP contribution in [0.4, 0.5) is 8.78 Å². The largest absolute Gasteiger partial charge is 0.356 e. The van der Waals surface area contributed by atoms with Crippen LogP contribution < -0.4 is 11.1 Å². The number of halogens is 2. The van der Waals surface area contributed by atoms with E-state index in [1.807, 2.05) is 0 Å². The van der Waals surface area contributed by atoms with Crippen molar-refractivity contribution in [2.24, 2.45) is 5.73 Å². The van der Waals surface area contributed by atoms with E-state index in [0.29, 0.717) is 13.1 Å². The number of nitrogens with two attached hydrogens (primary N) is 1. The van der Waals surface area contributed by atoms with Crippen molar-refractivity contribution in [1.29, 1.82) is 0 Å². The molecule has 0 aliphatic rings. The van der Waals surface area contributed by atoms with Crippen LogP contribution in [0.3, 0.4) is 0 Å². The van der Waals surface area contributed by atoms with Gasteiger partial charge in [0.25, 0.3) is 0 Å². The highest BCUT2D eigenvalue weighted by Crippen LogP contribution is 2.11. The van der Waals surface area contributed by atoms with Gasteiger partial charge in [-0.05, 0) is 25.5 Å². The first-order valence-corrected chi connectivity index (χ1v) is 5.55. The molecule has 1 aromatic rings. The Hall–Kier alpha value is -1.49. The van der Waals surface area contributed by atoms with Gasteiger partial charge in [-0.1, -0.05) is 12.1 Å². The molecule has 0 fully saturated rings. The van der Waals surface area contributed by atoms with Gasteiger partial charge in [0.2, 0.25) is 5.91 Å². The minimum Gasteiger partial charge on any atom is -0.356 e. The van der Waals surface area contributed by atoms with E-state index in [0.717, 1.165) is 18.9 Å². The van der Waals surface area contributed by atoms with Crippen molar-refractivity contribution in [2.75, 3.05) is 13.1 Å². The van der Waals surface area contributed by atoms with Crippen molar-refractivity contribution in [3.63, 3.8) is 0 Å². The lowest BCUT2D eigenvalue weighted by Crippen LogP contribution is -2.26. The fourth-order valence-corrected chi connectivity index (χ4v) is 1.42. The minimum absolute atomic E-state index is 0.0707. The van der Waals surface area contributed by atoms with Crippen molar-refractivity contribution in [1.82, 2.24) is 5.32 Å². The molecule has 0 atom stereocenters. The van der Waals surface area contributed by atoms with Crippen molar-refractivity contribution in [2.45, 2.75) is 19.3 Å². The first kappa shape index (κ1) is 13.6. The Morgan fingerprint density at radius 1 is 1.29 bits per heavy atom. The molecule has 5 heteroatoms. The average molecular weight is 242 g/mol. The monoisotopic (exact) mass is 242 g/mol. The van der Waals surface area contributed by atoms with E-state index in [1.54, 1.807) is 0 Å². The third-order valence-corrected chi connectivity index (χ3v) is 2.34. The molecule has 0 saturated heterocycles. The molecule has 0 aromatic heterocycles. The van der Waals surface area contributed by atoms with Gasteiger partial charge in [-0.15, -0.1) is 0 Å². The lowest BCUT2D eigenvalue weighted by molar-refractivity contribution is -0.120. The topological polar surface area (TPSA) is 55.1 Å². The van der Waals surface area contributed by atoms with E-state index < -0.39 is 11.6 Å². The quantitative estimate of drug-likeness (QED) is 0.740. The Morgan fingerprint density at radius 2 is 2.06 bits per heavy atom. The molecule has 1 rings (SSSR count). The van der Waals surface area contributed by atoms with E-state index in [2.05, 4.69) is 5.32 Å². The van der Waals surface area contributed by atoms with Crippen LogP contribution in [-0.2, 0) is 11.2 Å². The highest BCUT2D eigenvalue weighted by Gasteiger charge is 2.10. The summed E-state index contributed by atoms with van der Waals surface area (Å²) < 4.78 is 26.1. The van der Waals surface area contributed by atoms with Crippen molar-refractivity contribution in [3.8, 4) is 0 Å². The molecule has 3 N–H and O–H groups in total. The van der Waals surface area contributed by atoms with Gasteiger partial charge < -0.3 is 11.1 Å². The maximum Gasteiger partial charge on any atom is 0.224 e. The summed E-state index contributed by atoms with van der Waals surface area (Å²) in [6.45, 7) is 1.08. The number of amides is 1. The summed E-state index contributed by atoms with van der Waals surface area (Å²) in [5.41, 5.74) is 5.37. The second kappa shape index (κ2) is 6.96. The molecule has 0 spiro atoms. The predicted octanol–water partition coefficient (Wildman–Crippen LogP) is 1.36. The molecule has 3 nitrogen and oxygen atoms in total. The standard InChI is InChI=1S/C12H16F2N2O/c13-10-5-3-4-9(12(10)14)8-11(17)16-7-2-1-6-15/h3-5H,1-2,6-8,15H2,(H,16,17). The molecule has 0 aliphatic heterocycles. The van der Waals surface area contributed by atoms with Crippen LogP contribution in [0, 0.1) is 11.6 Å². The summed E-state index contributed by atoms with van der Waals surface area (Å²) in [5.74, 6) is -2.20. The number of unbranched alkanes of at least 4 members (excludes halogenated alkanes) is 1. The minimum atomic E-state index is -0.954. The Labute approximate surface area is 99.0 Å². The number of carbonyl (C=O) groups excluding carboxylic acids is 1. The molecule has 94 valence electrons. The number of carbonyl (C=O) groups is 1. The Kier molecular flexibility index (Phi) is 5.56. The van der Waals surface area contributed by atoms with Crippen molar-refractivity contribution < 1.29 is 13.6 Å². The summed E-state index contributed by atoms with van der Waals surface area (Å²) in [7, 11) is 0. The van der Waals surface area contributed by atoms with Crippen molar-refractivity contribution >= 4 is 5.91 Å². The maximum absolute atomic E-state index is 13.2. The zero-order valence-electron chi connectivity index (χ0n) is 9.51. The molecule has 0 radical (unpaired) electrons. The molecule has 17 heavy (non-hydrogen) atoms. The fraction of sp³-hybridized carbons (Fsp3) is 0.417. The highest BCUT2D eigenvalue weighted by atomic mass is 19.2. The normalized spacial score (nSPS) is 10.3. The van der Waals surface area contributed by atoms with Gasteiger partial charge in [-0.3, -0.25) is 4.79 Å². The molecular formula is C12H16F2N2O. The average Bonchev–Trinajstić information content (AvgIpc) is 2.31.